The molecule has 1 aliphatic carbocycles. The summed E-state index contributed by atoms with van der Waals surface area (Å²) in [5, 5.41) is 2.35. The van der Waals surface area contributed by atoms with Crippen molar-refractivity contribution in [3.8, 4) is 11.4 Å². The van der Waals surface area contributed by atoms with Crippen molar-refractivity contribution in [2.24, 2.45) is 5.92 Å². The lowest BCUT2D eigenvalue weighted by atomic mass is 9.81. The third-order valence-corrected chi connectivity index (χ3v) is 6.48. The van der Waals surface area contributed by atoms with E-state index in [1.54, 1.807) is 4.98 Å². The molecular formula is C26H19F10N3O3. The molecule has 16 heteroatoms. The van der Waals surface area contributed by atoms with E-state index >= 15 is 4.39 Å². The predicted octanol–water partition coefficient (Wildman–Crippen LogP) is 6.24. The van der Waals surface area contributed by atoms with Crippen LogP contribution in [-0.2, 0) is 41.2 Å². The van der Waals surface area contributed by atoms with Crippen molar-refractivity contribution in [3.63, 3.8) is 0 Å². The van der Waals surface area contributed by atoms with Crippen LogP contribution in [0.4, 0.5) is 43.9 Å². The van der Waals surface area contributed by atoms with Crippen molar-refractivity contribution in [2.45, 2.75) is 50.6 Å². The van der Waals surface area contributed by atoms with Crippen molar-refractivity contribution in [3.05, 3.63) is 86.6 Å². The maximum Gasteiger partial charge on any atom is 0.433 e. The molecule has 0 saturated heterocycles. The lowest BCUT2D eigenvalue weighted by Crippen LogP contribution is -2.42. The molecule has 1 aromatic heterocycles. The molecule has 2 aromatic carbocycles. The van der Waals surface area contributed by atoms with Crippen molar-refractivity contribution < 1.29 is 53.4 Å². The van der Waals surface area contributed by atoms with E-state index in [1.807, 2.05) is 0 Å². The number of nitrogens with one attached hydrogen (secondary N) is 2. The Balaban J connectivity index is 1.41. The third-order valence-electron chi connectivity index (χ3n) is 6.48. The number of rotatable bonds is 7. The first-order valence-electron chi connectivity index (χ1n) is 12.1. The lowest BCUT2D eigenvalue weighted by Gasteiger charge is -2.34. The number of amides is 1. The molecule has 3 aromatic rings. The molecule has 4 rings (SSSR count). The van der Waals surface area contributed by atoms with Crippen LogP contribution in [0.5, 0.6) is 0 Å². The molecule has 0 bridgehead atoms. The minimum absolute atomic E-state index is 0.0116. The summed E-state index contributed by atoms with van der Waals surface area (Å²) in [5.74, 6) is -4.14. The van der Waals surface area contributed by atoms with Crippen LogP contribution >= 0.6 is 0 Å². The second kappa shape index (κ2) is 11.4. The largest absolute Gasteiger partial charge is 0.433 e. The number of ether oxygens (including phenoxy) is 1. The molecular weight excluding hydrogens is 592 g/mol. The van der Waals surface area contributed by atoms with Gasteiger partial charge in [0.25, 0.3) is 5.56 Å². The van der Waals surface area contributed by atoms with Gasteiger partial charge in [-0.15, -0.1) is 0 Å². The van der Waals surface area contributed by atoms with Gasteiger partial charge in [0.05, 0.1) is 29.4 Å². The standard InChI is InChI=1S/C26H19F10N3O3/c27-21-13(3-6-17(25(31,32)33)20(21)22-38-18(26(34,35)36)9-19(40)39-22)10-37-23(41)14-7-16(8-14)42-11-12-1-4-15(5-2-12)24(28,29)30/h1-6,9,14,16H,7-8,10-11H2,(H,37,41)(H,38,39,40)/t14-,16+. The number of carbonyl (C=O) groups excluding carboxylic acids is 1. The highest BCUT2D eigenvalue weighted by Crippen LogP contribution is 2.39. The highest BCUT2D eigenvalue weighted by molar-refractivity contribution is 5.79. The first-order chi connectivity index (χ1) is 19.4. The van der Waals surface area contributed by atoms with Gasteiger partial charge in [-0.2, -0.15) is 39.5 Å². The number of aromatic nitrogens is 2. The summed E-state index contributed by atoms with van der Waals surface area (Å²) >= 11 is 0. The van der Waals surface area contributed by atoms with E-state index in [2.05, 4.69) is 10.3 Å². The van der Waals surface area contributed by atoms with Crippen molar-refractivity contribution in [2.75, 3.05) is 0 Å². The molecule has 42 heavy (non-hydrogen) atoms. The number of benzene rings is 2. The molecule has 6 nitrogen and oxygen atoms in total. The Morgan fingerprint density at radius 2 is 1.57 bits per heavy atom. The number of hydrogen-bond donors (Lipinski definition) is 2. The molecule has 1 aliphatic rings. The molecule has 1 saturated carbocycles. The number of hydrogen-bond acceptors (Lipinski definition) is 4. The average molecular weight is 611 g/mol. The van der Waals surface area contributed by atoms with Gasteiger partial charge in [0.2, 0.25) is 5.91 Å². The predicted molar refractivity (Wildman–Crippen MR) is 125 cm³/mol. The van der Waals surface area contributed by atoms with Crippen LogP contribution in [0.3, 0.4) is 0 Å². The van der Waals surface area contributed by atoms with Crippen LogP contribution in [0.25, 0.3) is 11.4 Å². The van der Waals surface area contributed by atoms with Crippen LogP contribution in [0.2, 0.25) is 0 Å². The zero-order chi connectivity index (χ0) is 31.0. The average Bonchev–Trinajstić information content (AvgIpc) is 2.85. The van der Waals surface area contributed by atoms with E-state index < -0.39 is 88.2 Å². The first-order valence-corrected chi connectivity index (χ1v) is 12.1. The SMILES string of the molecule is O=c1cc(C(F)(F)F)nc(-c2c(C(F)(F)F)ccc(CNC(=O)[C@H]3C[C@@H](OCc4ccc(C(F)(F)F)cc4)C3)c2F)[nH]1. The molecule has 2 N–H and O–H groups in total. The molecule has 0 unspecified atom stereocenters. The zero-order valence-electron chi connectivity index (χ0n) is 21.0. The van der Waals surface area contributed by atoms with Gasteiger partial charge in [0, 0.05) is 24.1 Å². The summed E-state index contributed by atoms with van der Waals surface area (Å²) in [4.78, 5) is 28.9. The lowest BCUT2D eigenvalue weighted by molar-refractivity contribution is -0.141. The zero-order valence-corrected chi connectivity index (χ0v) is 21.0. The summed E-state index contributed by atoms with van der Waals surface area (Å²) in [7, 11) is 0. The number of alkyl halides is 9. The Kier molecular flexibility index (Phi) is 8.40. The Morgan fingerprint density at radius 3 is 2.14 bits per heavy atom. The van der Waals surface area contributed by atoms with E-state index in [0.29, 0.717) is 17.7 Å². The maximum absolute atomic E-state index is 15.3. The third kappa shape index (κ3) is 7.09. The monoisotopic (exact) mass is 611 g/mol. The Morgan fingerprint density at radius 1 is 0.929 bits per heavy atom. The van der Waals surface area contributed by atoms with Crippen molar-refractivity contribution >= 4 is 5.91 Å². The Bertz CT molecular complexity index is 1510. The topological polar surface area (TPSA) is 84.1 Å². The maximum atomic E-state index is 15.3. The van der Waals surface area contributed by atoms with Crippen LogP contribution in [-0.4, -0.2) is 22.0 Å². The molecule has 1 heterocycles. The van der Waals surface area contributed by atoms with Gasteiger partial charge < -0.3 is 15.0 Å². The summed E-state index contributed by atoms with van der Waals surface area (Å²) in [6.07, 6.45) is -14.9. The molecule has 0 radical (unpaired) electrons. The Hall–Kier alpha value is -3.95. The quantitative estimate of drug-likeness (QED) is 0.310. The molecule has 0 atom stereocenters. The smallest absolute Gasteiger partial charge is 0.373 e. The molecule has 1 amide bonds. The molecule has 226 valence electrons. The number of aromatic amines is 1. The summed E-state index contributed by atoms with van der Waals surface area (Å²) in [6.45, 7) is -0.644. The first kappa shape index (κ1) is 31.0. The van der Waals surface area contributed by atoms with Gasteiger partial charge in [-0.05, 0) is 36.6 Å². The van der Waals surface area contributed by atoms with E-state index in [0.717, 1.165) is 12.1 Å². The van der Waals surface area contributed by atoms with Gasteiger partial charge >= 0.3 is 18.5 Å². The molecule has 0 spiro atoms. The van der Waals surface area contributed by atoms with Crippen LogP contribution in [0.15, 0.2) is 47.3 Å². The van der Waals surface area contributed by atoms with Crippen molar-refractivity contribution in [1.29, 1.82) is 0 Å². The van der Waals surface area contributed by atoms with Gasteiger partial charge in [0.1, 0.15) is 11.6 Å². The second-order valence-electron chi connectivity index (χ2n) is 9.45. The summed E-state index contributed by atoms with van der Waals surface area (Å²) < 4.78 is 139. The normalized spacial score (nSPS) is 17.6. The van der Waals surface area contributed by atoms with E-state index in [9.17, 15) is 49.1 Å². The van der Waals surface area contributed by atoms with Gasteiger partial charge in [-0.25, -0.2) is 9.37 Å². The highest BCUT2D eigenvalue weighted by Gasteiger charge is 2.39. The fourth-order valence-electron chi connectivity index (χ4n) is 4.19. The van der Waals surface area contributed by atoms with Crippen LogP contribution in [0.1, 0.15) is 40.8 Å². The van der Waals surface area contributed by atoms with E-state index in [4.69, 9.17) is 4.74 Å². The number of H-pyrrole nitrogens is 1. The van der Waals surface area contributed by atoms with E-state index in [-0.39, 0.29) is 25.5 Å². The van der Waals surface area contributed by atoms with Gasteiger partial charge in [-0.3, -0.25) is 9.59 Å². The second-order valence-corrected chi connectivity index (χ2v) is 9.45. The summed E-state index contributed by atoms with van der Waals surface area (Å²) in [5.41, 5.74) is -7.25. The van der Waals surface area contributed by atoms with Crippen LogP contribution in [0, 0.1) is 11.7 Å². The minimum Gasteiger partial charge on any atom is -0.373 e. The van der Waals surface area contributed by atoms with E-state index in [1.165, 1.54) is 12.1 Å². The number of carbonyl (C=O) groups is 1. The number of halogens is 10. The summed E-state index contributed by atoms with van der Waals surface area (Å²) in [6, 6.07) is 5.42. The fraction of sp³-hybridized carbons (Fsp3) is 0.346. The Labute approximate surface area is 229 Å². The van der Waals surface area contributed by atoms with Gasteiger partial charge in [0.15, 0.2) is 5.69 Å². The fourth-order valence-corrected chi connectivity index (χ4v) is 4.19. The highest BCUT2D eigenvalue weighted by atomic mass is 19.4. The van der Waals surface area contributed by atoms with Crippen LogP contribution < -0.4 is 10.9 Å². The van der Waals surface area contributed by atoms with Crippen molar-refractivity contribution in [1.82, 2.24) is 15.3 Å². The molecule has 1 fully saturated rings. The molecule has 0 aliphatic heterocycles. The number of nitrogens with zero attached hydrogens (tertiary/aromatic N) is 1. The minimum atomic E-state index is -5.23. The van der Waals surface area contributed by atoms with Gasteiger partial charge in [-0.1, -0.05) is 18.2 Å².